The first-order valence-electron chi connectivity index (χ1n) is 9.11. The summed E-state index contributed by atoms with van der Waals surface area (Å²) in [6, 6.07) is 7.43. The van der Waals surface area contributed by atoms with Gasteiger partial charge in [-0.2, -0.15) is 0 Å². The summed E-state index contributed by atoms with van der Waals surface area (Å²) in [5.74, 6) is 1.76. The van der Waals surface area contributed by atoms with Gasteiger partial charge in [-0.3, -0.25) is 4.79 Å². The molecule has 0 N–H and O–H groups in total. The molecule has 140 valence electrons. The zero-order valence-corrected chi connectivity index (χ0v) is 15.7. The lowest BCUT2D eigenvalue weighted by molar-refractivity contribution is -0.157. The van der Waals surface area contributed by atoms with Crippen molar-refractivity contribution in [3.8, 4) is 11.5 Å². The van der Waals surface area contributed by atoms with Crippen molar-refractivity contribution in [3.05, 3.63) is 24.3 Å². The van der Waals surface area contributed by atoms with E-state index in [1.54, 1.807) is 7.11 Å². The summed E-state index contributed by atoms with van der Waals surface area (Å²) in [5, 5.41) is 0. The first-order chi connectivity index (χ1) is 12.0. The van der Waals surface area contributed by atoms with E-state index >= 15 is 0 Å². The van der Waals surface area contributed by atoms with E-state index in [4.69, 9.17) is 18.9 Å². The van der Waals surface area contributed by atoms with E-state index in [1.165, 1.54) is 0 Å². The molecule has 1 saturated heterocycles. The number of carbonyl (C=O) groups excluding carboxylic acids is 1. The van der Waals surface area contributed by atoms with E-state index in [0.717, 1.165) is 25.0 Å². The van der Waals surface area contributed by atoms with E-state index in [1.807, 2.05) is 31.2 Å². The maximum absolute atomic E-state index is 11.9. The van der Waals surface area contributed by atoms with Crippen LogP contribution in [0.1, 0.15) is 46.5 Å². The minimum absolute atomic E-state index is 0.106. The van der Waals surface area contributed by atoms with Gasteiger partial charge < -0.3 is 18.9 Å². The van der Waals surface area contributed by atoms with Gasteiger partial charge in [0.25, 0.3) is 0 Å². The van der Waals surface area contributed by atoms with Crippen LogP contribution in [0.15, 0.2) is 24.3 Å². The maximum atomic E-state index is 11.9. The molecule has 5 heteroatoms. The molecule has 0 amide bonds. The molecule has 0 aliphatic carbocycles. The fourth-order valence-corrected chi connectivity index (χ4v) is 2.89. The molecule has 0 aromatic heterocycles. The molecule has 1 aliphatic rings. The fraction of sp³-hybridized carbons (Fsp3) is 0.650. The van der Waals surface area contributed by atoms with Gasteiger partial charge >= 0.3 is 5.97 Å². The molecule has 0 saturated carbocycles. The van der Waals surface area contributed by atoms with Gasteiger partial charge in [-0.15, -0.1) is 0 Å². The zero-order valence-electron chi connectivity index (χ0n) is 15.7. The lowest BCUT2D eigenvalue weighted by Crippen LogP contribution is -2.44. The van der Waals surface area contributed by atoms with Gasteiger partial charge in [0.15, 0.2) is 6.10 Å². The normalized spacial score (nSPS) is 24.8. The highest BCUT2D eigenvalue weighted by atomic mass is 16.6. The molecule has 0 bridgehead atoms. The molecule has 1 aliphatic heterocycles. The number of hydrogen-bond acceptors (Lipinski definition) is 5. The van der Waals surface area contributed by atoms with Crippen molar-refractivity contribution in [1.82, 2.24) is 0 Å². The third-order valence-electron chi connectivity index (χ3n) is 4.24. The number of cyclic esters (lactones) is 1. The highest BCUT2D eigenvalue weighted by Gasteiger charge is 2.33. The van der Waals surface area contributed by atoms with E-state index in [-0.39, 0.29) is 24.3 Å². The Kier molecular flexibility index (Phi) is 7.56. The van der Waals surface area contributed by atoms with Crippen LogP contribution in [0, 0.1) is 5.92 Å². The van der Waals surface area contributed by atoms with Gasteiger partial charge in [0.2, 0.25) is 0 Å². The predicted octanol–water partition coefficient (Wildman–Crippen LogP) is 3.99. The van der Waals surface area contributed by atoms with Crippen molar-refractivity contribution < 1.29 is 23.7 Å². The SMILES string of the molecule is COc1ccc(O[C@H]2[C@H](C)OC(=O)CCCC[C@@H]2OCC(C)C)cc1. The second-order valence-electron chi connectivity index (χ2n) is 6.96. The Morgan fingerprint density at radius 2 is 1.84 bits per heavy atom. The number of carbonyl (C=O) groups is 1. The molecule has 3 atom stereocenters. The number of hydrogen-bond donors (Lipinski definition) is 0. The summed E-state index contributed by atoms with van der Waals surface area (Å²) >= 11 is 0. The molecule has 25 heavy (non-hydrogen) atoms. The standard InChI is InChI=1S/C20H30O5/c1-14(2)13-23-18-7-5-6-8-19(21)24-15(3)20(18)25-17-11-9-16(22-4)10-12-17/h9-12,14-15,18,20H,5-8,13H2,1-4H3/t15-,18-,20-/m0/s1. The van der Waals surface area contributed by atoms with Crippen LogP contribution in [0.4, 0.5) is 0 Å². The molecule has 1 fully saturated rings. The van der Waals surface area contributed by atoms with Crippen molar-refractivity contribution in [2.45, 2.75) is 64.8 Å². The predicted molar refractivity (Wildman–Crippen MR) is 96.0 cm³/mol. The van der Waals surface area contributed by atoms with Gasteiger partial charge in [0, 0.05) is 13.0 Å². The van der Waals surface area contributed by atoms with E-state index in [0.29, 0.717) is 24.7 Å². The summed E-state index contributed by atoms with van der Waals surface area (Å²) in [4.78, 5) is 11.9. The second kappa shape index (κ2) is 9.66. The van der Waals surface area contributed by atoms with Gasteiger partial charge in [-0.1, -0.05) is 20.3 Å². The third kappa shape index (κ3) is 6.24. The third-order valence-corrected chi connectivity index (χ3v) is 4.24. The topological polar surface area (TPSA) is 54.0 Å². The number of methoxy groups -OCH3 is 1. The molecular formula is C20H30O5. The smallest absolute Gasteiger partial charge is 0.306 e. The summed E-state index contributed by atoms with van der Waals surface area (Å²) in [7, 11) is 1.63. The number of rotatable bonds is 6. The molecule has 0 unspecified atom stereocenters. The Morgan fingerprint density at radius 3 is 2.48 bits per heavy atom. The molecule has 0 spiro atoms. The quantitative estimate of drug-likeness (QED) is 0.726. The summed E-state index contributed by atoms with van der Waals surface area (Å²) < 4.78 is 23.1. The molecule has 2 rings (SSSR count). The molecular weight excluding hydrogens is 320 g/mol. The largest absolute Gasteiger partial charge is 0.497 e. The lowest BCUT2D eigenvalue weighted by atomic mass is 10.0. The van der Waals surface area contributed by atoms with Crippen LogP contribution in [0.3, 0.4) is 0 Å². The molecule has 1 heterocycles. The van der Waals surface area contributed by atoms with Crippen LogP contribution in [0.25, 0.3) is 0 Å². The van der Waals surface area contributed by atoms with Crippen LogP contribution < -0.4 is 9.47 Å². The van der Waals surface area contributed by atoms with Gasteiger partial charge in [-0.25, -0.2) is 0 Å². The van der Waals surface area contributed by atoms with Gasteiger partial charge in [-0.05, 0) is 49.9 Å². The van der Waals surface area contributed by atoms with Crippen molar-refractivity contribution in [2.75, 3.05) is 13.7 Å². The Balaban J connectivity index is 2.16. The Hall–Kier alpha value is -1.75. The number of ether oxygens (including phenoxy) is 4. The molecule has 5 nitrogen and oxygen atoms in total. The van der Waals surface area contributed by atoms with E-state index < -0.39 is 0 Å². The van der Waals surface area contributed by atoms with E-state index in [2.05, 4.69) is 13.8 Å². The van der Waals surface area contributed by atoms with Crippen LogP contribution in [0.2, 0.25) is 0 Å². The fourth-order valence-electron chi connectivity index (χ4n) is 2.89. The average Bonchev–Trinajstić information content (AvgIpc) is 2.65. The zero-order chi connectivity index (χ0) is 18.2. The summed E-state index contributed by atoms with van der Waals surface area (Å²) in [6.45, 7) is 6.78. The highest BCUT2D eigenvalue weighted by molar-refractivity contribution is 5.69. The molecule has 0 radical (unpaired) electrons. The van der Waals surface area contributed by atoms with Gasteiger partial charge in [0.05, 0.1) is 13.2 Å². The van der Waals surface area contributed by atoms with Crippen molar-refractivity contribution >= 4 is 5.97 Å². The Bertz CT molecular complexity index is 525. The van der Waals surface area contributed by atoms with Crippen LogP contribution in [0.5, 0.6) is 11.5 Å². The second-order valence-corrected chi connectivity index (χ2v) is 6.96. The van der Waals surface area contributed by atoms with Gasteiger partial charge in [0.1, 0.15) is 17.6 Å². The number of benzene rings is 1. The van der Waals surface area contributed by atoms with Crippen molar-refractivity contribution in [1.29, 1.82) is 0 Å². The Labute approximate surface area is 150 Å². The van der Waals surface area contributed by atoms with Crippen LogP contribution >= 0.6 is 0 Å². The van der Waals surface area contributed by atoms with Crippen molar-refractivity contribution in [3.63, 3.8) is 0 Å². The lowest BCUT2D eigenvalue weighted by Gasteiger charge is -2.31. The number of esters is 1. The van der Waals surface area contributed by atoms with E-state index in [9.17, 15) is 4.79 Å². The van der Waals surface area contributed by atoms with Crippen LogP contribution in [-0.2, 0) is 14.3 Å². The summed E-state index contributed by atoms with van der Waals surface area (Å²) in [5.41, 5.74) is 0. The minimum Gasteiger partial charge on any atom is -0.497 e. The molecule has 1 aromatic carbocycles. The first kappa shape index (κ1) is 19.6. The van der Waals surface area contributed by atoms with Crippen molar-refractivity contribution in [2.24, 2.45) is 5.92 Å². The highest BCUT2D eigenvalue weighted by Crippen LogP contribution is 2.25. The average molecular weight is 350 g/mol. The van der Waals surface area contributed by atoms with Crippen LogP contribution in [-0.4, -0.2) is 38.0 Å². The molecule has 1 aromatic rings. The Morgan fingerprint density at radius 1 is 1.16 bits per heavy atom. The minimum atomic E-state index is -0.370. The first-order valence-corrected chi connectivity index (χ1v) is 9.11. The maximum Gasteiger partial charge on any atom is 0.306 e. The monoisotopic (exact) mass is 350 g/mol. The summed E-state index contributed by atoms with van der Waals surface area (Å²) in [6.07, 6.45) is 2.24.